The average molecular weight is 185 g/mol. The van der Waals surface area contributed by atoms with Gasteiger partial charge in [-0.25, -0.2) is 0 Å². The highest BCUT2D eigenvalue weighted by atomic mass is 14.7. The van der Waals surface area contributed by atoms with Crippen molar-refractivity contribution >= 4 is 5.71 Å². The van der Waals surface area contributed by atoms with Crippen LogP contribution in [0.2, 0.25) is 0 Å². The van der Waals surface area contributed by atoms with E-state index >= 15 is 0 Å². The molecule has 0 aliphatic carbocycles. The first-order valence-electron chi connectivity index (χ1n) is 5.48. The molecule has 0 aromatic heterocycles. The summed E-state index contributed by atoms with van der Waals surface area (Å²) in [6.45, 7) is 15.1. The minimum atomic E-state index is 0.889. The number of aliphatic imine (C=N–C) groups is 1. The van der Waals surface area contributed by atoms with Gasteiger partial charge in [0.25, 0.3) is 0 Å². The molecule has 0 saturated carbocycles. The van der Waals surface area contributed by atoms with E-state index in [1.165, 1.54) is 0 Å². The van der Waals surface area contributed by atoms with Gasteiger partial charge in [-0.3, -0.25) is 4.99 Å². The first-order chi connectivity index (χ1) is 6.31. The smallest absolute Gasteiger partial charge is 0.0364 e. The Morgan fingerprint density at radius 1 is 1.08 bits per heavy atom. The molecule has 80 valence electrons. The first-order valence-corrected chi connectivity index (χ1v) is 5.48. The summed E-state index contributed by atoms with van der Waals surface area (Å²) in [6, 6.07) is 0. The van der Waals surface area contributed by atoms with Crippen LogP contribution in [-0.4, -0.2) is 12.3 Å². The molecule has 0 amide bonds. The van der Waals surface area contributed by atoms with E-state index in [1.54, 1.807) is 0 Å². The van der Waals surface area contributed by atoms with Crippen molar-refractivity contribution in [3.05, 3.63) is 12.2 Å². The Kier molecular flexibility index (Phi) is 31.6. The third-order valence-corrected chi connectivity index (χ3v) is 1.00. The van der Waals surface area contributed by atoms with Crippen LogP contribution in [-0.2, 0) is 0 Å². The van der Waals surface area contributed by atoms with Crippen molar-refractivity contribution in [1.29, 1.82) is 0 Å². The molecule has 0 fully saturated rings. The fraction of sp³-hybridized carbons (Fsp3) is 0.750. The Morgan fingerprint density at radius 2 is 1.54 bits per heavy atom. The molecule has 0 heterocycles. The largest absolute Gasteiger partial charge is 0.290 e. The maximum absolute atomic E-state index is 4.19. The summed E-state index contributed by atoms with van der Waals surface area (Å²) in [4.78, 5) is 4.19. The molecule has 0 atom stereocenters. The predicted octanol–water partition coefficient (Wildman–Crippen LogP) is 4.49. The number of rotatable bonds is 3. The molecule has 0 spiro atoms. The van der Waals surface area contributed by atoms with Crippen LogP contribution in [0.25, 0.3) is 0 Å². The standard InChI is InChI=1S/C8H15N.2C2H6/c1-4-6-7-8(3)9-5-2;2*1-2/h6-7H,4-5H2,1-3H3;2*1-2H3/b7-6-,9-8?;;. The monoisotopic (exact) mass is 185 g/mol. The van der Waals surface area contributed by atoms with Crippen molar-refractivity contribution in [2.24, 2.45) is 4.99 Å². The van der Waals surface area contributed by atoms with Crippen LogP contribution in [0.15, 0.2) is 17.1 Å². The molecule has 0 aromatic carbocycles. The maximum atomic E-state index is 4.19. The van der Waals surface area contributed by atoms with Crippen molar-refractivity contribution in [2.45, 2.75) is 54.9 Å². The van der Waals surface area contributed by atoms with Crippen molar-refractivity contribution in [3.8, 4) is 0 Å². The highest BCUT2D eigenvalue weighted by molar-refractivity contribution is 5.92. The van der Waals surface area contributed by atoms with E-state index in [1.807, 2.05) is 41.5 Å². The quantitative estimate of drug-likeness (QED) is 0.575. The molecule has 0 N–H and O–H groups in total. The van der Waals surface area contributed by atoms with Crippen molar-refractivity contribution < 1.29 is 0 Å². The van der Waals surface area contributed by atoms with Gasteiger partial charge in [0.05, 0.1) is 0 Å². The summed E-state index contributed by atoms with van der Waals surface area (Å²) >= 11 is 0. The third-order valence-electron chi connectivity index (χ3n) is 1.00. The molecule has 0 saturated heterocycles. The van der Waals surface area contributed by atoms with Crippen LogP contribution in [0.1, 0.15) is 54.9 Å². The van der Waals surface area contributed by atoms with Gasteiger partial charge in [-0.1, -0.05) is 40.7 Å². The Hall–Kier alpha value is -0.590. The lowest BCUT2D eigenvalue weighted by Crippen LogP contribution is -1.84. The molecule has 0 rings (SSSR count). The van der Waals surface area contributed by atoms with Gasteiger partial charge >= 0.3 is 0 Å². The average Bonchev–Trinajstić information content (AvgIpc) is 2.21. The van der Waals surface area contributed by atoms with Crippen LogP contribution in [0.4, 0.5) is 0 Å². The third kappa shape index (κ3) is 24.6. The van der Waals surface area contributed by atoms with Crippen LogP contribution in [0.5, 0.6) is 0 Å². The Bertz CT molecular complexity index is 112. The fourth-order valence-corrected chi connectivity index (χ4v) is 0.591. The van der Waals surface area contributed by atoms with Gasteiger partial charge in [-0.2, -0.15) is 0 Å². The number of hydrogen-bond donors (Lipinski definition) is 0. The molecule has 0 aromatic rings. The number of hydrogen-bond acceptors (Lipinski definition) is 1. The zero-order chi connectivity index (χ0) is 11.1. The summed E-state index contributed by atoms with van der Waals surface area (Å²) < 4.78 is 0. The van der Waals surface area contributed by atoms with E-state index in [0.717, 1.165) is 18.7 Å². The molecule has 0 bridgehead atoms. The molecule has 13 heavy (non-hydrogen) atoms. The van der Waals surface area contributed by atoms with E-state index in [2.05, 4.69) is 24.1 Å². The van der Waals surface area contributed by atoms with Crippen molar-refractivity contribution in [1.82, 2.24) is 0 Å². The Balaban J connectivity index is -0.000000218. The molecule has 0 aliphatic rings. The van der Waals surface area contributed by atoms with Crippen molar-refractivity contribution in [3.63, 3.8) is 0 Å². The summed E-state index contributed by atoms with van der Waals surface area (Å²) in [7, 11) is 0. The van der Waals surface area contributed by atoms with Gasteiger partial charge in [0.1, 0.15) is 0 Å². The lowest BCUT2D eigenvalue weighted by Gasteiger charge is -1.87. The van der Waals surface area contributed by atoms with Crippen LogP contribution < -0.4 is 0 Å². The molecule has 0 aliphatic heterocycles. The van der Waals surface area contributed by atoms with Gasteiger partial charge in [0.15, 0.2) is 0 Å². The van der Waals surface area contributed by atoms with Gasteiger partial charge in [-0.05, 0) is 26.3 Å². The molecule has 1 nitrogen and oxygen atoms in total. The SMILES string of the molecule is CC.CC.CC/C=C\C(C)=NCC. The van der Waals surface area contributed by atoms with Gasteiger partial charge in [-0.15, -0.1) is 0 Å². The fourth-order valence-electron chi connectivity index (χ4n) is 0.591. The number of nitrogens with zero attached hydrogens (tertiary/aromatic N) is 1. The van der Waals surface area contributed by atoms with E-state index in [9.17, 15) is 0 Å². The first kappa shape index (κ1) is 18.2. The highest BCUT2D eigenvalue weighted by Gasteiger charge is 1.77. The van der Waals surface area contributed by atoms with Crippen LogP contribution in [0, 0.1) is 0 Å². The molecule has 1 heteroatoms. The lowest BCUT2D eigenvalue weighted by molar-refractivity contribution is 1.13. The minimum absolute atomic E-state index is 0.889. The summed E-state index contributed by atoms with van der Waals surface area (Å²) in [5.41, 5.74) is 1.12. The highest BCUT2D eigenvalue weighted by Crippen LogP contribution is 1.83. The minimum Gasteiger partial charge on any atom is -0.290 e. The van der Waals surface area contributed by atoms with E-state index < -0.39 is 0 Å². The molecule has 0 unspecified atom stereocenters. The van der Waals surface area contributed by atoms with E-state index in [0.29, 0.717) is 0 Å². The second-order valence-corrected chi connectivity index (χ2v) is 1.93. The van der Waals surface area contributed by atoms with E-state index in [4.69, 9.17) is 0 Å². The second kappa shape index (κ2) is 22.5. The Labute approximate surface area is 85.0 Å². The predicted molar refractivity (Wildman–Crippen MR) is 65.8 cm³/mol. The lowest BCUT2D eigenvalue weighted by atomic mass is 10.3. The summed E-state index contributed by atoms with van der Waals surface area (Å²) in [6.07, 6.45) is 5.27. The molecular formula is C12H27N. The molecule has 0 radical (unpaired) electrons. The Morgan fingerprint density at radius 3 is 1.85 bits per heavy atom. The zero-order valence-electron chi connectivity index (χ0n) is 10.5. The number of allylic oxidation sites excluding steroid dienone is 2. The summed E-state index contributed by atoms with van der Waals surface area (Å²) in [5, 5.41) is 0. The van der Waals surface area contributed by atoms with E-state index in [-0.39, 0.29) is 0 Å². The van der Waals surface area contributed by atoms with Gasteiger partial charge in [0.2, 0.25) is 0 Å². The zero-order valence-corrected chi connectivity index (χ0v) is 10.5. The maximum Gasteiger partial charge on any atom is 0.0364 e. The molecular weight excluding hydrogens is 158 g/mol. The van der Waals surface area contributed by atoms with Gasteiger partial charge in [0, 0.05) is 12.3 Å². The van der Waals surface area contributed by atoms with Gasteiger partial charge < -0.3 is 0 Å². The van der Waals surface area contributed by atoms with Crippen molar-refractivity contribution in [2.75, 3.05) is 6.54 Å². The normalized spacial score (nSPS) is 9.92. The van der Waals surface area contributed by atoms with Crippen LogP contribution in [0.3, 0.4) is 0 Å². The topological polar surface area (TPSA) is 12.4 Å². The van der Waals surface area contributed by atoms with Crippen LogP contribution >= 0.6 is 0 Å². The summed E-state index contributed by atoms with van der Waals surface area (Å²) in [5.74, 6) is 0. The second-order valence-electron chi connectivity index (χ2n) is 1.93.